The highest BCUT2D eigenvalue weighted by Gasteiger charge is 1.89. The van der Waals surface area contributed by atoms with Crippen molar-refractivity contribution < 1.29 is 9.90 Å². The fraction of sp³-hybridized carbons (Fsp3) is 0.111. The van der Waals surface area contributed by atoms with Gasteiger partial charge in [-0.2, -0.15) is 0 Å². The van der Waals surface area contributed by atoms with Crippen LogP contribution in [0.15, 0.2) is 24.4 Å². The zero-order chi connectivity index (χ0) is 8.97. The van der Waals surface area contributed by atoms with Gasteiger partial charge in [-0.25, -0.2) is 4.79 Å². The molecule has 0 amide bonds. The van der Waals surface area contributed by atoms with E-state index in [4.69, 9.17) is 5.11 Å². The van der Waals surface area contributed by atoms with E-state index < -0.39 is 5.97 Å². The molecule has 0 aliphatic heterocycles. The molecule has 0 aromatic carbocycles. The van der Waals surface area contributed by atoms with E-state index in [-0.39, 0.29) is 0 Å². The first-order valence-corrected chi connectivity index (χ1v) is 3.52. The Morgan fingerprint density at radius 1 is 1.58 bits per heavy atom. The molecule has 1 aromatic rings. The van der Waals surface area contributed by atoms with Gasteiger partial charge in [0.15, 0.2) is 0 Å². The number of aliphatic carboxylic acids is 1. The average molecular weight is 163 g/mol. The molecule has 1 heterocycles. The number of carbonyl (C=O) groups is 1. The second-order valence-corrected chi connectivity index (χ2v) is 2.43. The van der Waals surface area contributed by atoms with Crippen molar-refractivity contribution >= 4 is 12.0 Å². The van der Waals surface area contributed by atoms with E-state index in [9.17, 15) is 4.79 Å². The van der Waals surface area contributed by atoms with Gasteiger partial charge in [0.2, 0.25) is 0 Å². The Kier molecular flexibility index (Phi) is 2.58. The second-order valence-electron chi connectivity index (χ2n) is 2.43. The lowest BCUT2D eigenvalue weighted by Crippen LogP contribution is -1.87. The summed E-state index contributed by atoms with van der Waals surface area (Å²) in [4.78, 5) is 14.1. The molecule has 0 radical (unpaired) electrons. The molecule has 0 unspecified atom stereocenters. The minimum absolute atomic E-state index is 0.656. The number of aryl methyl sites for hydroxylation is 1. The Bertz CT molecular complexity index is 301. The van der Waals surface area contributed by atoms with Crippen molar-refractivity contribution in [3.05, 3.63) is 35.7 Å². The summed E-state index contributed by atoms with van der Waals surface area (Å²) in [5.74, 6) is -0.961. The number of hydrogen-bond acceptors (Lipinski definition) is 2. The molecule has 3 nitrogen and oxygen atoms in total. The Morgan fingerprint density at radius 2 is 2.33 bits per heavy atom. The molecular formula is C9H9NO2. The van der Waals surface area contributed by atoms with Crippen molar-refractivity contribution in [2.45, 2.75) is 6.92 Å². The lowest BCUT2D eigenvalue weighted by atomic mass is 10.2. The first-order chi connectivity index (χ1) is 5.68. The molecule has 62 valence electrons. The smallest absolute Gasteiger partial charge is 0.328 e. The van der Waals surface area contributed by atoms with Crippen molar-refractivity contribution in [3.63, 3.8) is 0 Å². The average Bonchev–Trinajstić information content (AvgIpc) is 2.03. The van der Waals surface area contributed by atoms with E-state index in [0.29, 0.717) is 5.69 Å². The van der Waals surface area contributed by atoms with E-state index in [1.165, 1.54) is 6.08 Å². The fourth-order valence-corrected chi connectivity index (χ4v) is 0.735. The number of pyridine rings is 1. The molecule has 0 fully saturated rings. The molecule has 3 heteroatoms. The van der Waals surface area contributed by atoms with Crippen LogP contribution in [0.3, 0.4) is 0 Å². The topological polar surface area (TPSA) is 50.2 Å². The van der Waals surface area contributed by atoms with Gasteiger partial charge in [0.1, 0.15) is 0 Å². The number of carboxylic acids is 1. The van der Waals surface area contributed by atoms with Crippen LogP contribution >= 0.6 is 0 Å². The van der Waals surface area contributed by atoms with Crippen LogP contribution in [0.2, 0.25) is 0 Å². The summed E-state index contributed by atoms with van der Waals surface area (Å²) in [5.41, 5.74) is 1.71. The predicted octanol–water partition coefficient (Wildman–Crippen LogP) is 1.49. The summed E-state index contributed by atoms with van der Waals surface area (Å²) in [7, 11) is 0. The number of carboxylic acid groups (broad SMARTS) is 1. The van der Waals surface area contributed by atoms with Gasteiger partial charge in [-0.1, -0.05) is 6.07 Å². The van der Waals surface area contributed by atoms with Crippen LogP contribution < -0.4 is 0 Å². The molecule has 0 spiro atoms. The minimum atomic E-state index is -0.961. The summed E-state index contributed by atoms with van der Waals surface area (Å²) in [6.45, 7) is 1.93. The summed E-state index contributed by atoms with van der Waals surface area (Å²) in [6, 6.07) is 3.66. The van der Waals surface area contributed by atoms with Gasteiger partial charge in [0.25, 0.3) is 0 Å². The van der Waals surface area contributed by atoms with Crippen LogP contribution in [0, 0.1) is 6.92 Å². The molecule has 0 saturated carbocycles. The monoisotopic (exact) mass is 163 g/mol. The van der Waals surface area contributed by atoms with Gasteiger partial charge in [-0.15, -0.1) is 0 Å². The van der Waals surface area contributed by atoms with Crippen LogP contribution in [0.5, 0.6) is 0 Å². The van der Waals surface area contributed by atoms with Gasteiger partial charge >= 0.3 is 5.97 Å². The normalized spacial score (nSPS) is 10.4. The standard InChI is InChI=1S/C9H9NO2/c1-7-2-3-8(10-6-7)4-5-9(11)12/h2-6H,1H3,(H,11,12)/b5-4+. The quantitative estimate of drug-likeness (QED) is 0.672. The Balaban J connectivity index is 2.77. The molecule has 0 saturated heterocycles. The fourth-order valence-electron chi connectivity index (χ4n) is 0.735. The highest BCUT2D eigenvalue weighted by Crippen LogP contribution is 1.99. The molecule has 1 N–H and O–H groups in total. The maximum atomic E-state index is 10.1. The summed E-state index contributed by atoms with van der Waals surface area (Å²) in [5, 5.41) is 8.31. The van der Waals surface area contributed by atoms with Crippen molar-refractivity contribution in [3.8, 4) is 0 Å². The molecule has 0 aliphatic rings. The maximum absolute atomic E-state index is 10.1. The molecule has 1 rings (SSSR count). The largest absolute Gasteiger partial charge is 0.478 e. The van der Waals surface area contributed by atoms with E-state index in [0.717, 1.165) is 11.6 Å². The molecule has 1 aromatic heterocycles. The van der Waals surface area contributed by atoms with E-state index in [1.807, 2.05) is 13.0 Å². The molecular weight excluding hydrogens is 154 g/mol. The van der Waals surface area contributed by atoms with Gasteiger partial charge in [0, 0.05) is 12.3 Å². The van der Waals surface area contributed by atoms with Crippen LogP contribution in [0.1, 0.15) is 11.3 Å². The third-order valence-corrected chi connectivity index (χ3v) is 1.33. The summed E-state index contributed by atoms with van der Waals surface area (Å²) < 4.78 is 0. The van der Waals surface area contributed by atoms with Crippen LogP contribution in [-0.2, 0) is 4.79 Å². The highest BCUT2D eigenvalue weighted by molar-refractivity contribution is 5.84. The SMILES string of the molecule is Cc1ccc(/C=C/C(=O)O)nc1. The Labute approximate surface area is 70.4 Å². The van der Waals surface area contributed by atoms with Gasteiger partial charge in [-0.3, -0.25) is 4.98 Å². The Morgan fingerprint density at radius 3 is 2.83 bits per heavy atom. The van der Waals surface area contributed by atoms with Crippen molar-refractivity contribution in [2.24, 2.45) is 0 Å². The molecule has 0 atom stereocenters. The lowest BCUT2D eigenvalue weighted by Gasteiger charge is -1.91. The molecule has 0 aliphatic carbocycles. The van der Waals surface area contributed by atoms with E-state index in [2.05, 4.69) is 4.98 Å². The van der Waals surface area contributed by atoms with E-state index >= 15 is 0 Å². The summed E-state index contributed by atoms with van der Waals surface area (Å²) in [6.07, 6.45) is 4.22. The first-order valence-electron chi connectivity index (χ1n) is 3.52. The number of rotatable bonds is 2. The lowest BCUT2D eigenvalue weighted by molar-refractivity contribution is -0.131. The van der Waals surface area contributed by atoms with Gasteiger partial charge < -0.3 is 5.11 Å². The number of aromatic nitrogens is 1. The van der Waals surface area contributed by atoms with Crippen LogP contribution in [0.25, 0.3) is 6.08 Å². The predicted molar refractivity (Wildman–Crippen MR) is 45.6 cm³/mol. The summed E-state index contributed by atoms with van der Waals surface area (Å²) >= 11 is 0. The second kappa shape index (κ2) is 3.67. The van der Waals surface area contributed by atoms with Gasteiger partial charge in [-0.05, 0) is 24.6 Å². The number of nitrogens with zero attached hydrogens (tertiary/aromatic N) is 1. The van der Waals surface area contributed by atoms with Crippen molar-refractivity contribution in [1.29, 1.82) is 0 Å². The van der Waals surface area contributed by atoms with E-state index in [1.54, 1.807) is 12.3 Å². The molecule has 12 heavy (non-hydrogen) atoms. The number of hydrogen-bond donors (Lipinski definition) is 1. The van der Waals surface area contributed by atoms with Crippen LogP contribution in [-0.4, -0.2) is 16.1 Å². The third kappa shape index (κ3) is 2.54. The highest BCUT2D eigenvalue weighted by atomic mass is 16.4. The third-order valence-electron chi connectivity index (χ3n) is 1.33. The minimum Gasteiger partial charge on any atom is -0.478 e. The maximum Gasteiger partial charge on any atom is 0.328 e. The first kappa shape index (κ1) is 8.46. The molecule has 0 bridgehead atoms. The van der Waals surface area contributed by atoms with Crippen LogP contribution in [0.4, 0.5) is 0 Å². The zero-order valence-electron chi connectivity index (χ0n) is 6.69. The van der Waals surface area contributed by atoms with Gasteiger partial charge in [0.05, 0.1) is 5.69 Å². The van der Waals surface area contributed by atoms with Crippen molar-refractivity contribution in [2.75, 3.05) is 0 Å². The zero-order valence-corrected chi connectivity index (χ0v) is 6.69. The van der Waals surface area contributed by atoms with Crippen molar-refractivity contribution in [1.82, 2.24) is 4.98 Å². The Hall–Kier alpha value is -1.64.